The molecule has 2 nitrogen and oxygen atoms in total. The number of halogens is 4. The van der Waals surface area contributed by atoms with E-state index in [0.29, 0.717) is 26.2 Å². The van der Waals surface area contributed by atoms with Crippen molar-refractivity contribution in [1.29, 1.82) is 0 Å². The molecule has 0 N–H and O–H groups in total. The fourth-order valence-corrected chi connectivity index (χ4v) is 2.13. The predicted molar refractivity (Wildman–Crippen MR) is 64.1 cm³/mol. The number of piperazine rings is 1. The first-order chi connectivity index (χ1) is 8.44. The molecule has 0 spiro atoms. The van der Waals surface area contributed by atoms with Gasteiger partial charge in [-0.2, -0.15) is 0 Å². The van der Waals surface area contributed by atoms with Crippen LogP contribution < -0.4 is 56.3 Å². The Morgan fingerprint density at radius 2 is 1.47 bits per heavy atom. The van der Waals surface area contributed by atoms with Gasteiger partial charge in [-0.1, -0.05) is 0 Å². The summed E-state index contributed by atoms with van der Waals surface area (Å²) < 4.78 is 49.6. The average molecular weight is 300 g/mol. The number of hydrogen-bond donors (Lipinski definition) is 0. The van der Waals surface area contributed by atoms with Gasteiger partial charge in [0.05, 0.1) is 0 Å². The quantitative estimate of drug-likeness (QED) is 0.540. The SMILES string of the molecule is Fc1ccc(N2CCN(C[B-](F)(F)F)CC2)cc1.[K+]. The summed E-state index contributed by atoms with van der Waals surface area (Å²) in [6.45, 7) is -2.90. The summed E-state index contributed by atoms with van der Waals surface area (Å²) in [6.07, 6.45) is -0.794. The molecule has 1 aliphatic rings. The molecule has 2 rings (SSSR count). The topological polar surface area (TPSA) is 6.48 Å². The van der Waals surface area contributed by atoms with Crippen LogP contribution in [-0.4, -0.2) is 44.5 Å². The van der Waals surface area contributed by atoms with Crippen molar-refractivity contribution in [1.82, 2.24) is 4.90 Å². The van der Waals surface area contributed by atoms with Crippen LogP contribution in [0.1, 0.15) is 0 Å². The Balaban J connectivity index is 0.00000180. The largest absolute Gasteiger partial charge is 1.00 e. The van der Waals surface area contributed by atoms with Crippen molar-refractivity contribution < 1.29 is 68.7 Å². The van der Waals surface area contributed by atoms with E-state index < -0.39 is 13.4 Å². The molecule has 0 unspecified atom stereocenters. The monoisotopic (exact) mass is 300 g/mol. The Labute approximate surface area is 152 Å². The first-order valence-corrected chi connectivity index (χ1v) is 5.88. The zero-order valence-electron chi connectivity index (χ0n) is 10.8. The van der Waals surface area contributed by atoms with Crippen molar-refractivity contribution in [3.63, 3.8) is 0 Å². The Bertz CT molecular complexity index is 391. The maximum Gasteiger partial charge on any atom is 1.00 e. The molecule has 19 heavy (non-hydrogen) atoms. The third kappa shape index (κ3) is 5.73. The molecule has 1 fully saturated rings. The van der Waals surface area contributed by atoms with Gasteiger partial charge in [0.15, 0.2) is 0 Å². The summed E-state index contributed by atoms with van der Waals surface area (Å²) in [5.74, 6) is -0.308. The van der Waals surface area contributed by atoms with Gasteiger partial charge in [-0.25, -0.2) is 4.39 Å². The van der Waals surface area contributed by atoms with Crippen molar-refractivity contribution in [3.05, 3.63) is 30.1 Å². The number of benzene rings is 1. The van der Waals surface area contributed by atoms with E-state index >= 15 is 0 Å². The van der Waals surface area contributed by atoms with Gasteiger partial charge in [0.25, 0.3) is 0 Å². The molecule has 0 bridgehead atoms. The molecule has 0 aliphatic carbocycles. The number of hydrogen-bond acceptors (Lipinski definition) is 2. The second kappa shape index (κ2) is 7.42. The first kappa shape index (κ1) is 17.5. The van der Waals surface area contributed by atoms with Gasteiger partial charge in [0.1, 0.15) is 5.82 Å². The zero-order chi connectivity index (χ0) is 13.2. The van der Waals surface area contributed by atoms with Gasteiger partial charge in [-0.05, 0) is 30.7 Å². The Morgan fingerprint density at radius 3 is 1.95 bits per heavy atom. The van der Waals surface area contributed by atoms with Crippen molar-refractivity contribution >= 4 is 12.7 Å². The molecular formula is C11H14BF4KN2. The maximum atomic E-state index is 12.8. The van der Waals surface area contributed by atoms with Crippen LogP contribution in [0.4, 0.5) is 23.0 Å². The van der Waals surface area contributed by atoms with Crippen LogP contribution in [0, 0.1) is 5.82 Å². The van der Waals surface area contributed by atoms with Gasteiger partial charge < -0.3 is 22.7 Å². The first-order valence-electron chi connectivity index (χ1n) is 5.88. The minimum atomic E-state index is -4.75. The van der Waals surface area contributed by atoms with E-state index in [1.54, 1.807) is 12.1 Å². The van der Waals surface area contributed by atoms with Gasteiger partial charge in [-0.3, -0.25) is 0 Å². The minimum absolute atomic E-state index is 0. The van der Waals surface area contributed by atoms with E-state index in [1.165, 1.54) is 17.0 Å². The molecule has 1 aliphatic heterocycles. The fraction of sp³-hybridized carbons (Fsp3) is 0.455. The van der Waals surface area contributed by atoms with Crippen LogP contribution in [0.15, 0.2) is 24.3 Å². The number of anilines is 1. The summed E-state index contributed by atoms with van der Waals surface area (Å²) in [7, 11) is 0. The summed E-state index contributed by atoms with van der Waals surface area (Å²) in [5.41, 5.74) is 0.855. The Morgan fingerprint density at radius 1 is 0.947 bits per heavy atom. The van der Waals surface area contributed by atoms with E-state index in [-0.39, 0.29) is 57.2 Å². The second-order valence-corrected chi connectivity index (χ2v) is 4.47. The third-order valence-electron chi connectivity index (χ3n) is 3.03. The van der Waals surface area contributed by atoms with Gasteiger partial charge in [0.2, 0.25) is 0 Å². The minimum Gasteiger partial charge on any atom is -0.448 e. The molecule has 0 aromatic heterocycles. The molecule has 1 aromatic carbocycles. The van der Waals surface area contributed by atoms with E-state index in [2.05, 4.69) is 0 Å². The van der Waals surface area contributed by atoms with Gasteiger partial charge in [-0.15, -0.1) is 0 Å². The van der Waals surface area contributed by atoms with Gasteiger partial charge >= 0.3 is 58.4 Å². The summed E-state index contributed by atoms with van der Waals surface area (Å²) in [6, 6.07) is 6.03. The number of rotatable bonds is 3. The van der Waals surface area contributed by atoms with E-state index in [9.17, 15) is 17.3 Å². The normalized spacial score (nSPS) is 17.2. The smallest absolute Gasteiger partial charge is 0.448 e. The van der Waals surface area contributed by atoms with Crippen molar-refractivity contribution in [2.45, 2.75) is 0 Å². The Hall–Kier alpha value is 0.401. The van der Waals surface area contributed by atoms with Crippen molar-refractivity contribution in [2.24, 2.45) is 0 Å². The number of nitrogens with zero attached hydrogens (tertiary/aromatic N) is 2. The predicted octanol–water partition coefficient (Wildman–Crippen LogP) is -0.662. The molecule has 1 heterocycles. The summed E-state index contributed by atoms with van der Waals surface area (Å²) in [5, 5.41) is 0. The van der Waals surface area contributed by atoms with Crippen LogP contribution in [-0.2, 0) is 0 Å². The van der Waals surface area contributed by atoms with Crippen LogP contribution in [0.25, 0.3) is 0 Å². The molecule has 8 heteroatoms. The molecular weight excluding hydrogens is 286 g/mol. The van der Waals surface area contributed by atoms with Crippen LogP contribution in [0.5, 0.6) is 0 Å². The van der Waals surface area contributed by atoms with E-state index in [4.69, 9.17) is 0 Å². The molecule has 0 atom stereocenters. The molecule has 1 aromatic rings. The molecule has 1 saturated heterocycles. The molecule has 0 saturated carbocycles. The molecule has 0 radical (unpaired) electrons. The van der Waals surface area contributed by atoms with Crippen LogP contribution in [0.3, 0.4) is 0 Å². The van der Waals surface area contributed by atoms with Crippen LogP contribution >= 0.6 is 0 Å². The maximum absolute atomic E-state index is 12.8. The standard InChI is InChI=1S/C11H14BF4N2.K/c13-10-1-3-11(4-2-10)18-7-5-17(6-8-18)9-12(14,15)16;/h1-4H,5-9H2;/q-1;+1. The Kier molecular flexibility index (Phi) is 6.82. The average Bonchev–Trinajstić information content (AvgIpc) is 2.29. The van der Waals surface area contributed by atoms with Gasteiger partial charge in [0, 0.05) is 31.9 Å². The van der Waals surface area contributed by atoms with E-state index in [0.717, 1.165) is 5.69 Å². The van der Waals surface area contributed by atoms with Crippen LogP contribution in [0.2, 0.25) is 0 Å². The molecule has 100 valence electrons. The van der Waals surface area contributed by atoms with E-state index in [1.807, 2.05) is 4.90 Å². The summed E-state index contributed by atoms with van der Waals surface area (Å²) >= 11 is 0. The summed E-state index contributed by atoms with van der Waals surface area (Å²) in [4.78, 5) is 3.39. The third-order valence-corrected chi connectivity index (χ3v) is 3.03. The zero-order valence-corrected chi connectivity index (χ0v) is 14.0. The fourth-order valence-electron chi connectivity index (χ4n) is 2.13. The van der Waals surface area contributed by atoms with Crippen molar-refractivity contribution in [3.8, 4) is 0 Å². The van der Waals surface area contributed by atoms with Crippen molar-refractivity contribution in [2.75, 3.05) is 37.5 Å². The molecule has 0 amide bonds. The second-order valence-electron chi connectivity index (χ2n) is 4.47.